The molecule has 0 radical (unpaired) electrons. The minimum Gasteiger partial charge on any atom is -0.360 e. The summed E-state index contributed by atoms with van der Waals surface area (Å²) in [5.41, 5.74) is 0.943. The molecular formula is C16H18ClN7O3S. The van der Waals surface area contributed by atoms with Gasteiger partial charge in [0.05, 0.1) is 18.4 Å². The second kappa shape index (κ2) is 7.78. The molecule has 0 aliphatic carbocycles. The van der Waals surface area contributed by atoms with Crippen LogP contribution in [0, 0.1) is 0 Å². The SMILES string of the molecule is CC[C@@H](C)n1c(=O)c(NCc2ccc(S(N)(=O)=O)cn2)nc2cnc(Cl)nc21. The van der Waals surface area contributed by atoms with Gasteiger partial charge in [-0.05, 0) is 37.1 Å². The lowest BCUT2D eigenvalue weighted by Crippen LogP contribution is -2.28. The molecule has 148 valence electrons. The van der Waals surface area contributed by atoms with Crippen molar-refractivity contribution in [3.63, 3.8) is 0 Å². The first kappa shape index (κ1) is 20.1. The zero-order valence-corrected chi connectivity index (χ0v) is 16.7. The minimum absolute atomic E-state index is 0.0330. The predicted molar refractivity (Wildman–Crippen MR) is 105 cm³/mol. The Bertz CT molecular complexity index is 1180. The van der Waals surface area contributed by atoms with E-state index in [2.05, 4.69) is 25.3 Å². The summed E-state index contributed by atoms with van der Waals surface area (Å²) >= 11 is 5.88. The molecule has 0 fully saturated rings. The maximum Gasteiger partial charge on any atom is 0.295 e. The lowest BCUT2D eigenvalue weighted by atomic mass is 10.2. The third-order valence-electron chi connectivity index (χ3n) is 4.20. The number of fused-ring (bicyclic) bond motifs is 1. The zero-order valence-electron chi connectivity index (χ0n) is 15.1. The first-order valence-corrected chi connectivity index (χ1v) is 10.3. The van der Waals surface area contributed by atoms with E-state index < -0.39 is 10.0 Å². The molecule has 3 rings (SSSR count). The molecule has 0 saturated carbocycles. The van der Waals surface area contributed by atoms with Crippen molar-refractivity contribution < 1.29 is 8.42 Å². The van der Waals surface area contributed by atoms with E-state index >= 15 is 0 Å². The summed E-state index contributed by atoms with van der Waals surface area (Å²) in [6.45, 7) is 4.01. The Morgan fingerprint density at radius 1 is 1.25 bits per heavy atom. The van der Waals surface area contributed by atoms with Crippen molar-refractivity contribution in [3.8, 4) is 0 Å². The molecule has 0 amide bonds. The standard InChI is InChI=1S/C16H18ClN7O3S/c1-3-9(2)24-14-12(8-21-16(17)23-14)22-13(15(24)25)20-6-10-4-5-11(7-19-10)28(18,26)27/h4-5,7-9H,3,6H2,1-2H3,(H,20,22)(H2,18,26,27)/t9-/m1/s1. The zero-order chi connectivity index (χ0) is 20.5. The first-order valence-electron chi connectivity index (χ1n) is 8.37. The molecule has 0 bridgehead atoms. The van der Waals surface area contributed by atoms with E-state index in [4.69, 9.17) is 16.7 Å². The average molecular weight is 424 g/mol. The van der Waals surface area contributed by atoms with E-state index in [-0.39, 0.29) is 34.1 Å². The Kier molecular flexibility index (Phi) is 5.59. The number of rotatable bonds is 6. The molecule has 1 atom stereocenters. The van der Waals surface area contributed by atoms with Crippen LogP contribution in [-0.4, -0.2) is 32.9 Å². The van der Waals surface area contributed by atoms with Crippen LogP contribution in [0.15, 0.2) is 34.2 Å². The van der Waals surface area contributed by atoms with Gasteiger partial charge in [-0.25, -0.2) is 23.5 Å². The monoisotopic (exact) mass is 423 g/mol. The fourth-order valence-corrected chi connectivity index (χ4v) is 3.13. The number of nitrogens with two attached hydrogens (primary N) is 1. The highest BCUT2D eigenvalue weighted by Gasteiger charge is 2.17. The largest absolute Gasteiger partial charge is 0.360 e. The van der Waals surface area contributed by atoms with E-state index in [1.807, 2.05) is 13.8 Å². The van der Waals surface area contributed by atoms with Gasteiger partial charge in [-0.2, -0.15) is 4.98 Å². The van der Waals surface area contributed by atoms with Crippen molar-refractivity contribution in [2.75, 3.05) is 5.32 Å². The Morgan fingerprint density at radius 3 is 2.61 bits per heavy atom. The van der Waals surface area contributed by atoms with Gasteiger partial charge in [-0.15, -0.1) is 0 Å². The smallest absolute Gasteiger partial charge is 0.295 e. The van der Waals surface area contributed by atoms with Crippen molar-refractivity contribution in [2.45, 2.75) is 37.8 Å². The Labute approximate surface area is 165 Å². The summed E-state index contributed by atoms with van der Waals surface area (Å²) in [6, 6.07) is 2.72. The molecule has 12 heteroatoms. The number of anilines is 1. The summed E-state index contributed by atoms with van der Waals surface area (Å²) in [5, 5.41) is 8.02. The van der Waals surface area contributed by atoms with Gasteiger partial charge in [-0.3, -0.25) is 14.3 Å². The number of halogens is 1. The number of nitrogens with one attached hydrogen (secondary N) is 1. The topological polar surface area (TPSA) is 146 Å². The summed E-state index contributed by atoms with van der Waals surface area (Å²) < 4.78 is 24.1. The van der Waals surface area contributed by atoms with Crippen molar-refractivity contribution in [1.82, 2.24) is 24.5 Å². The Hall–Kier alpha value is -2.63. The number of pyridine rings is 1. The molecule has 28 heavy (non-hydrogen) atoms. The third-order valence-corrected chi connectivity index (χ3v) is 5.28. The van der Waals surface area contributed by atoms with E-state index in [0.717, 1.165) is 6.20 Å². The maximum atomic E-state index is 12.9. The van der Waals surface area contributed by atoms with E-state index in [0.29, 0.717) is 23.3 Å². The molecule has 0 aliphatic heterocycles. The quantitative estimate of drug-likeness (QED) is 0.566. The number of primary sulfonamides is 1. The number of sulfonamides is 1. The normalized spacial score (nSPS) is 12.9. The average Bonchev–Trinajstić information content (AvgIpc) is 2.65. The molecular weight excluding hydrogens is 406 g/mol. The number of hydrogen-bond acceptors (Lipinski definition) is 8. The van der Waals surface area contributed by atoms with Gasteiger partial charge in [0.2, 0.25) is 15.3 Å². The van der Waals surface area contributed by atoms with Crippen LogP contribution in [0.25, 0.3) is 11.2 Å². The molecule has 3 N–H and O–H groups in total. The number of nitrogens with zero attached hydrogens (tertiary/aromatic N) is 5. The van der Waals surface area contributed by atoms with Crippen molar-refractivity contribution in [1.29, 1.82) is 0 Å². The predicted octanol–water partition coefficient (Wildman–Crippen LogP) is 1.47. The van der Waals surface area contributed by atoms with Gasteiger partial charge in [0.25, 0.3) is 5.56 Å². The highest BCUT2D eigenvalue weighted by atomic mass is 35.5. The Morgan fingerprint density at radius 2 is 2.00 bits per heavy atom. The molecule has 3 heterocycles. The molecule has 0 spiro atoms. The Balaban J connectivity index is 1.96. The van der Waals surface area contributed by atoms with Crippen LogP contribution in [0.2, 0.25) is 5.28 Å². The van der Waals surface area contributed by atoms with Crippen molar-refractivity contribution in [3.05, 3.63) is 45.9 Å². The molecule has 0 unspecified atom stereocenters. The summed E-state index contributed by atoms with van der Waals surface area (Å²) in [6.07, 6.45) is 3.32. The van der Waals surface area contributed by atoms with Gasteiger partial charge in [-0.1, -0.05) is 6.92 Å². The summed E-state index contributed by atoms with van der Waals surface area (Å²) in [4.78, 5) is 29.2. The molecule has 0 saturated heterocycles. The van der Waals surface area contributed by atoms with E-state index in [1.54, 1.807) is 0 Å². The van der Waals surface area contributed by atoms with Crippen molar-refractivity contribution in [2.24, 2.45) is 5.14 Å². The van der Waals surface area contributed by atoms with Crippen LogP contribution < -0.4 is 16.0 Å². The summed E-state index contributed by atoms with van der Waals surface area (Å²) in [7, 11) is -3.81. The summed E-state index contributed by atoms with van der Waals surface area (Å²) in [5.74, 6) is 0.107. The molecule has 3 aromatic heterocycles. The lowest BCUT2D eigenvalue weighted by molar-refractivity contribution is 0.526. The fourth-order valence-electron chi connectivity index (χ4n) is 2.55. The molecule has 10 nitrogen and oxygen atoms in total. The van der Waals surface area contributed by atoms with Crippen LogP contribution in [0.5, 0.6) is 0 Å². The second-order valence-electron chi connectivity index (χ2n) is 6.12. The van der Waals surface area contributed by atoms with E-state index in [1.165, 1.54) is 22.9 Å². The van der Waals surface area contributed by atoms with Gasteiger partial charge >= 0.3 is 0 Å². The van der Waals surface area contributed by atoms with Crippen molar-refractivity contribution >= 4 is 38.6 Å². The van der Waals surface area contributed by atoms with Gasteiger partial charge < -0.3 is 5.32 Å². The maximum absolute atomic E-state index is 12.9. The third kappa shape index (κ3) is 4.11. The highest BCUT2D eigenvalue weighted by Crippen LogP contribution is 2.18. The second-order valence-corrected chi connectivity index (χ2v) is 8.02. The van der Waals surface area contributed by atoms with Crippen LogP contribution >= 0.6 is 11.6 Å². The number of aromatic nitrogens is 5. The lowest BCUT2D eigenvalue weighted by Gasteiger charge is -2.17. The van der Waals surface area contributed by atoms with Gasteiger partial charge in [0.1, 0.15) is 10.4 Å². The van der Waals surface area contributed by atoms with E-state index in [9.17, 15) is 13.2 Å². The molecule has 0 aliphatic rings. The first-order chi connectivity index (χ1) is 13.2. The number of hydrogen-bond donors (Lipinski definition) is 2. The van der Waals surface area contributed by atoms with Crippen LogP contribution in [0.3, 0.4) is 0 Å². The molecule has 3 aromatic rings. The highest BCUT2D eigenvalue weighted by molar-refractivity contribution is 7.89. The van der Waals surface area contributed by atoms with Gasteiger partial charge in [0.15, 0.2) is 11.5 Å². The van der Waals surface area contributed by atoms with Crippen LogP contribution in [0.4, 0.5) is 5.82 Å². The fraction of sp³-hybridized carbons (Fsp3) is 0.312. The minimum atomic E-state index is -3.81. The van der Waals surface area contributed by atoms with Crippen LogP contribution in [0.1, 0.15) is 32.0 Å². The van der Waals surface area contributed by atoms with Gasteiger partial charge in [0, 0.05) is 12.2 Å². The molecule has 0 aromatic carbocycles. The van der Waals surface area contributed by atoms with Crippen LogP contribution in [-0.2, 0) is 16.6 Å².